The zero-order valence-corrected chi connectivity index (χ0v) is 12.4. The van der Waals surface area contributed by atoms with Crippen LogP contribution in [-0.4, -0.2) is 12.5 Å². The molecule has 0 saturated heterocycles. The van der Waals surface area contributed by atoms with Crippen LogP contribution in [0.25, 0.3) is 0 Å². The average molecular weight is 350 g/mol. The minimum atomic E-state index is -0.299. The highest BCUT2D eigenvalue weighted by atomic mass is 79.9. The fraction of sp³-hybridized carbons (Fsp3) is 0.364. The van der Waals surface area contributed by atoms with Gasteiger partial charge in [-0.25, -0.2) is 0 Å². The topological polar surface area (TPSA) is 55.1 Å². The zero-order valence-electron chi connectivity index (χ0n) is 9.18. The van der Waals surface area contributed by atoms with Crippen molar-refractivity contribution in [1.29, 1.82) is 0 Å². The third-order valence-corrected chi connectivity index (χ3v) is 3.51. The average Bonchev–Trinajstić information content (AvgIpc) is 2.15. The SMILES string of the molecule is Cc1cc(Br)c(NCC(C)C(N)=O)c(Br)c1. The highest BCUT2D eigenvalue weighted by Gasteiger charge is 2.11. The van der Waals surface area contributed by atoms with Crippen molar-refractivity contribution in [3.05, 3.63) is 26.6 Å². The van der Waals surface area contributed by atoms with E-state index in [1.54, 1.807) is 6.92 Å². The van der Waals surface area contributed by atoms with Crippen LogP contribution in [0.3, 0.4) is 0 Å². The van der Waals surface area contributed by atoms with E-state index < -0.39 is 0 Å². The first-order valence-electron chi connectivity index (χ1n) is 4.90. The number of halogens is 2. The quantitative estimate of drug-likeness (QED) is 0.877. The first-order valence-corrected chi connectivity index (χ1v) is 6.49. The smallest absolute Gasteiger partial charge is 0.222 e. The largest absolute Gasteiger partial charge is 0.382 e. The van der Waals surface area contributed by atoms with Gasteiger partial charge >= 0.3 is 0 Å². The predicted octanol–water partition coefficient (Wildman–Crippen LogP) is 3.05. The minimum Gasteiger partial charge on any atom is -0.382 e. The summed E-state index contributed by atoms with van der Waals surface area (Å²) in [6.45, 7) is 4.34. The molecule has 16 heavy (non-hydrogen) atoms. The lowest BCUT2D eigenvalue weighted by Crippen LogP contribution is -2.26. The Balaban J connectivity index is 2.78. The summed E-state index contributed by atoms with van der Waals surface area (Å²) in [5.41, 5.74) is 7.30. The molecule has 0 aliphatic rings. The predicted molar refractivity (Wildman–Crippen MR) is 73.4 cm³/mol. The third kappa shape index (κ3) is 3.49. The standard InChI is InChI=1S/C11H14Br2N2O/c1-6-3-8(12)10(9(13)4-6)15-5-7(2)11(14)16/h3-4,7,15H,5H2,1-2H3,(H2,14,16). The first kappa shape index (κ1) is 13.5. The van der Waals surface area contributed by atoms with E-state index in [0.717, 1.165) is 20.2 Å². The van der Waals surface area contributed by atoms with Crippen molar-refractivity contribution >= 4 is 43.5 Å². The third-order valence-electron chi connectivity index (χ3n) is 2.26. The summed E-state index contributed by atoms with van der Waals surface area (Å²) in [5.74, 6) is -0.494. The van der Waals surface area contributed by atoms with Crippen molar-refractivity contribution in [2.75, 3.05) is 11.9 Å². The number of nitrogens with one attached hydrogen (secondary N) is 1. The Kier molecular flexibility index (Phi) is 4.80. The molecule has 1 amide bonds. The number of anilines is 1. The van der Waals surface area contributed by atoms with Crippen LogP contribution < -0.4 is 11.1 Å². The van der Waals surface area contributed by atoms with Crippen LogP contribution in [0.1, 0.15) is 12.5 Å². The summed E-state index contributed by atoms with van der Waals surface area (Å²) in [6, 6.07) is 4.03. The maximum atomic E-state index is 10.9. The maximum absolute atomic E-state index is 10.9. The molecule has 0 bridgehead atoms. The number of nitrogens with two attached hydrogens (primary N) is 1. The van der Waals surface area contributed by atoms with E-state index in [-0.39, 0.29) is 11.8 Å². The number of aryl methyl sites for hydroxylation is 1. The van der Waals surface area contributed by atoms with Gasteiger partial charge in [0.1, 0.15) is 0 Å². The van der Waals surface area contributed by atoms with Crippen LogP contribution >= 0.6 is 31.9 Å². The van der Waals surface area contributed by atoms with Gasteiger partial charge in [-0.1, -0.05) is 6.92 Å². The van der Waals surface area contributed by atoms with Crippen LogP contribution in [0.5, 0.6) is 0 Å². The minimum absolute atomic E-state index is 0.194. The van der Waals surface area contributed by atoms with E-state index in [1.807, 2.05) is 19.1 Å². The monoisotopic (exact) mass is 348 g/mol. The van der Waals surface area contributed by atoms with Crippen molar-refractivity contribution in [3.8, 4) is 0 Å². The molecule has 0 radical (unpaired) electrons. The summed E-state index contributed by atoms with van der Waals surface area (Å²) >= 11 is 6.95. The summed E-state index contributed by atoms with van der Waals surface area (Å²) in [4.78, 5) is 10.9. The Morgan fingerprint density at radius 2 is 1.94 bits per heavy atom. The van der Waals surface area contributed by atoms with E-state index in [9.17, 15) is 4.79 Å². The highest BCUT2D eigenvalue weighted by molar-refractivity contribution is 9.11. The fourth-order valence-corrected chi connectivity index (χ4v) is 2.92. The normalized spacial score (nSPS) is 12.2. The molecule has 1 unspecified atom stereocenters. The van der Waals surface area contributed by atoms with Crippen molar-refractivity contribution < 1.29 is 4.79 Å². The van der Waals surface area contributed by atoms with Crippen LogP contribution in [0.2, 0.25) is 0 Å². The molecule has 3 N–H and O–H groups in total. The summed E-state index contributed by atoms with van der Waals surface area (Å²) in [6.07, 6.45) is 0. The molecule has 0 spiro atoms. The molecular formula is C11H14Br2N2O. The molecule has 0 fully saturated rings. The van der Waals surface area contributed by atoms with E-state index in [2.05, 4.69) is 37.2 Å². The molecule has 0 aliphatic heterocycles. The number of rotatable bonds is 4. The Labute approximate surface area is 112 Å². The van der Waals surface area contributed by atoms with Crippen LogP contribution in [-0.2, 0) is 4.79 Å². The van der Waals surface area contributed by atoms with Gasteiger partial charge in [0.15, 0.2) is 0 Å². The molecule has 0 aromatic heterocycles. The van der Waals surface area contributed by atoms with Gasteiger partial charge in [-0.3, -0.25) is 4.79 Å². The Bertz CT molecular complexity index is 384. The number of hydrogen-bond donors (Lipinski definition) is 2. The lowest BCUT2D eigenvalue weighted by atomic mass is 10.1. The summed E-state index contributed by atoms with van der Waals surface area (Å²) in [5, 5.41) is 3.19. The van der Waals surface area contributed by atoms with Crippen LogP contribution in [0.15, 0.2) is 21.1 Å². The molecule has 1 aromatic rings. The van der Waals surface area contributed by atoms with E-state index >= 15 is 0 Å². The molecule has 3 nitrogen and oxygen atoms in total. The molecule has 0 saturated carbocycles. The number of carbonyl (C=O) groups is 1. The van der Waals surface area contributed by atoms with Gasteiger partial charge in [0, 0.05) is 15.5 Å². The van der Waals surface area contributed by atoms with Crippen molar-refractivity contribution in [1.82, 2.24) is 0 Å². The molecule has 0 heterocycles. The van der Waals surface area contributed by atoms with E-state index in [0.29, 0.717) is 6.54 Å². The molecular weight excluding hydrogens is 336 g/mol. The van der Waals surface area contributed by atoms with Gasteiger partial charge in [-0.15, -0.1) is 0 Å². The van der Waals surface area contributed by atoms with Crippen molar-refractivity contribution in [3.63, 3.8) is 0 Å². The van der Waals surface area contributed by atoms with Gasteiger partial charge in [-0.05, 0) is 56.5 Å². The molecule has 0 aliphatic carbocycles. The second-order valence-electron chi connectivity index (χ2n) is 3.79. The molecule has 1 rings (SSSR count). The maximum Gasteiger partial charge on any atom is 0.222 e. The summed E-state index contributed by atoms with van der Waals surface area (Å²) in [7, 11) is 0. The van der Waals surface area contributed by atoms with Gasteiger partial charge in [-0.2, -0.15) is 0 Å². The van der Waals surface area contributed by atoms with E-state index in [4.69, 9.17) is 5.73 Å². The van der Waals surface area contributed by atoms with E-state index in [1.165, 1.54) is 0 Å². The van der Waals surface area contributed by atoms with Crippen molar-refractivity contribution in [2.24, 2.45) is 11.7 Å². The Morgan fingerprint density at radius 1 is 1.44 bits per heavy atom. The first-order chi connectivity index (χ1) is 7.41. The summed E-state index contributed by atoms with van der Waals surface area (Å²) < 4.78 is 1.94. The lowest BCUT2D eigenvalue weighted by Gasteiger charge is -2.14. The Morgan fingerprint density at radius 3 is 2.38 bits per heavy atom. The fourth-order valence-electron chi connectivity index (χ4n) is 1.22. The Hall–Kier alpha value is -0.550. The molecule has 1 aromatic carbocycles. The van der Waals surface area contributed by atoms with Crippen LogP contribution in [0, 0.1) is 12.8 Å². The second-order valence-corrected chi connectivity index (χ2v) is 5.50. The number of primary amides is 1. The van der Waals surface area contributed by atoms with Crippen molar-refractivity contribution in [2.45, 2.75) is 13.8 Å². The number of carbonyl (C=O) groups excluding carboxylic acids is 1. The highest BCUT2D eigenvalue weighted by Crippen LogP contribution is 2.32. The lowest BCUT2D eigenvalue weighted by molar-refractivity contribution is -0.120. The molecule has 5 heteroatoms. The number of amides is 1. The molecule has 1 atom stereocenters. The second kappa shape index (κ2) is 5.68. The molecule has 88 valence electrons. The zero-order chi connectivity index (χ0) is 12.3. The van der Waals surface area contributed by atoms with Gasteiger partial charge in [0.2, 0.25) is 5.91 Å². The van der Waals surface area contributed by atoms with Crippen LogP contribution in [0.4, 0.5) is 5.69 Å². The van der Waals surface area contributed by atoms with Gasteiger partial charge in [0.25, 0.3) is 0 Å². The van der Waals surface area contributed by atoms with Gasteiger partial charge in [0.05, 0.1) is 11.6 Å². The number of hydrogen-bond acceptors (Lipinski definition) is 2. The number of benzene rings is 1. The van der Waals surface area contributed by atoms with Gasteiger partial charge < -0.3 is 11.1 Å².